The predicted molar refractivity (Wildman–Crippen MR) is 162 cm³/mol. The number of rotatable bonds is 8. The van der Waals surface area contributed by atoms with Gasteiger partial charge < -0.3 is 16.0 Å². The van der Waals surface area contributed by atoms with Crippen molar-refractivity contribution in [3.05, 3.63) is 100 Å². The smallest absolute Gasteiger partial charge is 0.383 e. The van der Waals surface area contributed by atoms with E-state index in [2.05, 4.69) is 22.1 Å². The van der Waals surface area contributed by atoms with Crippen LogP contribution in [0.2, 0.25) is 0 Å². The average molecular weight is 590 g/mol. The Morgan fingerprint density at radius 2 is 1.70 bits per heavy atom. The number of nitrogens with two attached hydrogens (primary N) is 1. The molecule has 2 heterocycles. The Hall–Kier alpha value is -4.28. The van der Waals surface area contributed by atoms with Crippen LogP contribution in [0.5, 0.6) is 0 Å². The number of aromatic nitrogens is 1. The number of hydrogen-bond acceptors (Lipinski definition) is 6. The lowest BCUT2D eigenvalue weighted by molar-refractivity contribution is -0.138. The van der Waals surface area contributed by atoms with Gasteiger partial charge >= 0.3 is 6.18 Å². The van der Waals surface area contributed by atoms with E-state index in [4.69, 9.17) is 5.73 Å². The van der Waals surface area contributed by atoms with E-state index < -0.39 is 11.7 Å². The fourth-order valence-electron chi connectivity index (χ4n) is 5.47. The van der Waals surface area contributed by atoms with Gasteiger partial charge in [-0.3, -0.25) is 14.5 Å². The number of piperazine rings is 1. The minimum atomic E-state index is -4.54. The summed E-state index contributed by atoms with van der Waals surface area (Å²) in [5.74, 6) is -0.422. The van der Waals surface area contributed by atoms with Crippen LogP contribution in [0, 0.1) is 6.92 Å². The highest BCUT2D eigenvalue weighted by molar-refractivity contribution is 6.14. The summed E-state index contributed by atoms with van der Waals surface area (Å²) in [6.07, 6.45) is -3.21. The number of Topliss-reactive ketones (excluding diaryl/α,β-unsaturated/α-hetero) is 1. The second-order valence-corrected chi connectivity index (χ2v) is 10.9. The SMILES string of the molecule is CCN1CCN(Cc2ccc(CC(=O)c3ccc(C)c(NC(=O)c4cccc5c(N)nccc45)c3)cc2C(F)(F)F)CC1. The Kier molecular flexibility index (Phi) is 8.79. The third kappa shape index (κ3) is 6.87. The molecule has 0 aliphatic carbocycles. The molecule has 43 heavy (non-hydrogen) atoms. The zero-order chi connectivity index (χ0) is 30.7. The highest BCUT2D eigenvalue weighted by atomic mass is 19.4. The van der Waals surface area contributed by atoms with E-state index in [1.807, 2.05) is 4.90 Å². The van der Waals surface area contributed by atoms with Gasteiger partial charge in [0.05, 0.1) is 5.56 Å². The van der Waals surface area contributed by atoms with E-state index in [1.165, 1.54) is 12.3 Å². The van der Waals surface area contributed by atoms with Crippen molar-refractivity contribution in [1.82, 2.24) is 14.8 Å². The fraction of sp³-hybridized carbons (Fsp3) is 0.303. The maximum absolute atomic E-state index is 14.1. The van der Waals surface area contributed by atoms with Crippen molar-refractivity contribution < 1.29 is 22.8 Å². The van der Waals surface area contributed by atoms with Crippen LogP contribution in [-0.4, -0.2) is 59.2 Å². The van der Waals surface area contributed by atoms with E-state index in [1.54, 1.807) is 55.5 Å². The molecule has 0 saturated carbocycles. The summed E-state index contributed by atoms with van der Waals surface area (Å²) in [7, 11) is 0. The second-order valence-electron chi connectivity index (χ2n) is 10.9. The maximum atomic E-state index is 14.1. The highest BCUT2D eigenvalue weighted by Gasteiger charge is 2.34. The summed E-state index contributed by atoms with van der Waals surface area (Å²) in [4.78, 5) is 34.8. The quantitative estimate of drug-likeness (QED) is 0.247. The van der Waals surface area contributed by atoms with E-state index in [0.717, 1.165) is 31.3 Å². The first kappa shape index (κ1) is 30.2. The fourth-order valence-corrected chi connectivity index (χ4v) is 5.47. The summed E-state index contributed by atoms with van der Waals surface area (Å²) < 4.78 is 42.2. The van der Waals surface area contributed by atoms with Crippen LogP contribution < -0.4 is 11.1 Å². The number of benzene rings is 3. The zero-order valence-electron chi connectivity index (χ0n) is 24.2. The summed E-state index contributed by atoms with van der Waals surface area (Å²) in [6.45, 7) is 8.09. The molecular formula is C33H34F3N5O2. The number of nitrogen functional groups attached to an aromatic ring is 1. The van der Waals surface area contributed by atoms with Gasteiger partial charge in [0, 0.05) is 67.5 Å². The number of fused-ring (bicyclic) bond motifs is 1. The van der Waals surface area contributed by atoms with Crippen molar-refractivity contribution in [1.29, 1.82) is 0 Å². The summed E-state index contributed by atoms with van der Waals surface area (Å²) in [5, 5.41) is 4.17. The molecule has 3 aromatic carbocycles. The number of pyridine rings is 1. The first-order valence-corrected chi connectivity index (χ1v) is 14.3. The molecule has 0 atom stereocenters. The lowest BCUT2D eigenvalue weighted by Crippen LogP contribution is -2.45. The Labute approximate surface area is 248 Å². The van der Waals surface area contributed by atoms with E-state index in [-0.39, 0.29) is 35.8 Å². The molecule has 7 nitrogen and oxygen atoms in total. The van der Waals surface area contributed by atoms with Crippen LogP contribution in [0.4, 0.5) is 24.7 Å². The number of nitrogens with one attached hydrogen (secondary N) is 1. The number of halogens is 3. The third-order valence-electron chi connectivity index (χ3n) is 8.04. The number of carbonyl (C=O) groups is 2. The number of likely N-dealkylation sites (N-methyl/N-ethyl adjacent to an activating group) is 1. The standard InChI is InChI=1S/C33H34F3N5O2/c1-3-40-13-15-41(16-14-40)20-24-10-8-22(17-28(24)33(34,35)36)18-30(42)23-9-7-21(2)29(19-23)39-32(43)27-6-4-5-26-25(27)11-12-38-31(26)37/h4-12,17,19H,3,13-16,18,20H2,1-2H3,(H2,37,38)(H,39,43). The molecule has 1 fully saturated rings. The minimum absolute atomic E-state index is 0.204. The topological polar surface area (TPSA) is 91.6 Å². The largest absolute Gasteiger partial charge is 0.416 e. The molecule has 5 rings (SSSR count). The number of amides is 1. The number of aryl methyl sites for hydroxylation is 1. The molecule has 1 amide bonds. The molecule has 1 aromatic heterocycles. The van der Waals surface area contributed by atoms with E-state index in [9.17, 15) is 22.8 Å². The Bertz CT molecular complexity index is 1660. The summed E-state index contributed by atoms with van der Waals surface area (Å²) in [5.41, 5.74) is 7.60. The maximum Gasteiger partial charge on any atom is 0.416 e. The summed E-state index contributed by atoms with van der Waals surface area (Å²) >= 11 is 0. The Balaban J connectivity index is 1.33. The average Bonchev–Trinajstić information content (AvgIpc) is 2.98. The second kappa shape index (κ2) is 12.5. The molecule has 3 N–H and O–H groups in total. The molecular weight excluding hydrogens is 555 g/mol. The van der Waals surface area contributed by atoms with Gasteiger partial charge in [-0.05, 0) is 59.8 Å². The van der Waals surface area contributed by atoms with Gasteiger partial charge in [0.25, 0.3) is 5.91 Å². The lowest BCUT2D eigenvalue weighted by atomic mass is 9.97. The van der Waals surface area contributed by atoms with Gasteiger partial charge in [-0.1, -0.05) is 43.3 Å². The predicted octanol–water partition coefficient (Wildman–Crippen LogP) is 5.96. The van der Waals surface area contributed by atoms with Crippen molar-refractivity contribution in [2.24, 2.45) is 0 Å². The molecule has 224 valence electrons. The van der Waals surface area contributed by atoms with Crippen LogP contribution in [0.1, 0.15) is 49.9 Å². The van der Waals surface area contributed by atoms with E-state index >= 15 is 0 Å². The Morgan fingerprint density at radius 1 is 0.953 bits per heavy atom. The molecule has 0 bridgehead atoms. The molecule has 1 saturated heterocycles. The van der Waals surface area contributed by atoms with Crippen LogP contribution in [0.25, 0.3) is 10.8 Å². The number of alkyl halides is 3. The van der Waals surface area contributed by atoms with Gasteiger partial charge in [-0.25, -0.2) is 4.98 Å². The van der Waals surface area contributed by atoms with E-state index in [0.29, 0.717) is 46.5 Å². The number of nitrogens with zero attached hydrogens (tertiary/aromatic N) is 3. The third-order valence-corrected chi connectivity index (χ3v) is 8.04. The molecule has 0 radical (unpaired) electrons. The lowest BCUT2D eigenvalue weighted by Gasteiger charge is -2.34. The molecule has 4 aromatic rings. The number of carbonyl (C=O) groups excluding carboxylic acids is 2. The van der Waals surface area contributed by atoms with Crippen molar-refractivity contribution in [3.63, 3.8) is 0 Å². The number of hydrogen-bond donors (Lipinski definition) is 2. The van der Waals surface area contributed by atoms with Crippen molar-refractivity contribution in [3.8, 4) is 0 Å². The van der Waals surface area contributed by atoms with Gasteiger partial charge in [0.1, 0.15) is 5.82 Å². The number of anilines is 2. The van der Waals surface area contributed by atoms with Crippen LogP contribution in [0.15, 0.2) is 66.9 Å². The van der Waals surface area contributed by atoms with Crippen molar-refractivity contribution in [2.75, 3.05) is 43.8 Å². The highest BCUT2D eigenvalue weighted by Crippen LogP contribution is 2.34. The monoisotopic (exact) mass is 589 g/mol. The number of ketones is 1. The molecule has 0 unspecified atom stereocenters. The molecule has 0 spiro atoms. The zero-order valence-corrected chi connectivity index (χ0v) is 24.2. The van der Waals surface area contributed by atoms with Gasteiger partial charge in [-0.2, -0.15) is 13.2 Å². The van der Waals surface area contributed by atoms with Crippen LogP contribution in [0.3, 0.4) is 0 Å². The van der Waals surface area contributed by atoms with Gasteiger partial charge in [-0.15, -0.1) is 0 Å². The molecule has 1 aliphatic rings. The normalized spacial score (nSPS) is 14.6. The van der Waals surface area contributed by atoms with Gasteiger partial charge in [0.15, 0.2) is 5.78 Å². The van der Waals surface area contributed by atoms with Crippen LogP contribution in [-0.2, 0) is 19.1 Å². The first-order valence-electron chi connectivity index (χ1n) is 14.3. The van der Waals surface area contributed by atoms with Gasteiger partial charge in [0.2, 0.25) is 0 Å². The minimum Gasteiger partial charge on any atom is -0.383 e. The molecule has 10 heteroatoms. The first-order chi connectivity index (χ1) is 20.5. The Morgan fingerprint density at radius 3 is 2.42 bits per heavy atom. The van der Waals surface area contributed by atoms with Crippen molar-refractivity contribution in [2.45, 2.75) is 33.0 Å². The summed E-state index contributed by atoms with van der Waals surface area (Å²) in [6, 6.07) is 15.9. The molecule has 1 aliphatic heterocycles. The van der Waals surface area contributed by atoms with Crippen molar-refractivity contribution >= 4 is 34.0 Å². The van der Waals surface area contributed by atoms with Crippen LogP contribution >= 0.6 is 0 Å².